The van der Waals surface area contributed by atoms with E-state index in [1.165, 1.54) is 10.7 Å². The molecule has 1 aliphatic heterocycles. The maximum absolute atomic E-state index is 12.2. The van der Waals surface area contributed by atoms with E-state index in [2.05, 4.69) is 10.4 Å². The van der Waals surface area contributed by atoms with Crippen molar-refractivity contribution in [2.45, 2.75) is 26.3 Å². The summed E-state index contributed by atoms with van der Waals surface area (Å²) in [5.41, 5.74) is 0.231. The van der Waals surface area contributed by atoms with Crippen LogP contribution < -0.4 is 10.1 Å². The first kappa shape index (κ1) is 17.1. The summed E-state index contributed by atoms with van der Waals surface area (Å²) in [5, 5.41) is 6.87. The van der Waals surface area contributed by atoms with Crippen LogP contribution in [0.15, 0.2) is 22.6 Å². The highest BCUT2D eigenvalue weighted by atomic mass is 16.5. The van der Waals surface area contributed by atoms with Crippen LogP contribution >= 0.6 is 0 Å². The summed E-state index contributed by atoms with van der Waals surface area (Å²) in [6, 6.07) is 5.18. The molecular weight excluding hydrogens is 324 g/mol. The maximum atomic E-state index is 12.2. The average molecular weight is 346 g/mol. The lowest BCUT2D eigenvalue weighted by atomic mass is 10.3. The number of nitrogens with zero attached hydrogens (tertiary/aromatic N) is 3. The fourth-order valence-corrected chi connectivity index (χ4v) is 2.73. The van der Waals surface area contributed by atoms with Gasteiger partial charge in [-0.15, -0.1) is 0 Å². The number of hydrogen-bond acceptors (Lipinski definition) is 5. The third-order valence-electron chi connectivity index (χ3n) is 4.09. The summed E-state index contributed by atoms with van der Waals surface area (Å²) in [4.78, 5) is 26.0. The van der Waals surface area contributed by atoms with Crippen LogP contribution in [0.5, 0.6) is 5.88 Å². The van der Waals surface area contributed by atoms with Crippen molar-refractivity contribution < 1.29 is 18.7 Å². The first-order chi connectivity index (χ1) is 12.0. The topological polar surface area (TPSA) is 89.6 Å². The van der Waals surface area contributed by atoms with Crippen molar-refractivity contribution in [3.8, 4) is 5.88 Å². The zero-order valence-electron chi connectivity index (χ0n) is 14.4. The number of furan rings is 1. The molecule has 0 spiro atoms. The molecule has 1 N–H and O–H groups in total. The molecule has 0 aromatic carbocycles. The van der Waals surface area contributed by atoms with Gasteiger partial charge in [0.2, 0.25) is 5.88 Å². The smallest absolute Gasteiger partial charge is 0.272 e. The van der Waals surface area contributed by atoms with E-state index in [0.717, 1.165) is 31.7 Å². The molecule has 1 fully saturated rings. The Kier molecular flexibility index (Phi) is 5.06. The second-order valence-corrected chi connectivity index (χ2v) is 6.06. The lowest BCUT2D eigenvalue weighted by Crippen LogP contribution is -2.32. The van der Waals surface area contributed by atoms with E-state index in [4.69, 9.17) is 9.15 Å². The zero-order chi connectivity index (χ0) is 17.8. The molecule has 8 heteroatoms. The average Bonchev–Trinajstić information content (AvgIpc) is 3.32. The number of rotatable bonds is 6. The van der Waals surface area contributed by atoms with Gasteiger partial charge < -0.3 is 19.4 Å². The Labute approximate surface area is 145 Å². The normalized spacial score (nSPS) is 13.9. The molecule has 2 aromatic heterocycles. The number of ether oxygens (including phenoxy) is 1. The van der Waals surface area contributed by atoms with Gasteiger partial charge in [0.05, 0.1) is 6.54 Å². The molecule has 134 valence electrons. The minimum atomic E-state index is -0.328. The summed E-state index contributed by atoms with van der Waals surface area (Å²) < 4.78 is 12.4. The summed E-state index contributed by atoms with van der Waals surface area (Å²) in [6.07, 6.45) is 2.08. The summed E-state index contributed by atoms with van der Waals surface area (Å²) in [6.45, 7) is 3.65. The van der Waals surface area contributed by atoms with Gasteiger partial charge in [-0.3, -0.25) is 9.59 Å². The number of aromatic nitrogens is 2. The standard InChI is InChI=1S/C17H22N4O4/c1-12-5-6-13(25-12)10-18-17(23)14-9-16(20(2)19-14)24-11-15(22)21-7-3-4-8-21/h5-6,9H,3-4,7-8,10-11H2,1-2H3,(H,18,23). The first-order valence-electron chi connectivity index (χ1n) is 8.31. The predicted molar refractivity (Wildman–Crippen MR) is 89.1 cm³/mol. The number of nitrogens with one attached hydrogen (secondary N) is 1. The summed E-state index contributed by atoms with van der Waals surface area (Å²) >= 11 is 0. The van der Waals surface area contributed by atoms with E-state index >= 15 is 0 Å². The molecular formula is C17H22N4O4. The van der Waals surface area contributed by atoms with Gasteiger partial charge in [-0.1, -0.05) is 0 Å². The Bertz CT molecular complexity index is 759. The molecule has 1 aliphatic rings. The number of aryl methyl sites for hydroxylation is 2. The number of amides is 2. The molecule has 0 unspecified atom stereocenters. The minimum absolute atomic E-state index is 0.0436. The Morgan fingerprint density at radius 1 is 1.32 bits per heavy atom. The fourth-order valence-electron chi connectivity index (χ4n) is 2.73. The predicted octanol–water partition coefficient (Wildman–Crippen LogP) is 1.25. The van der Waals surface area contributed by atoms with Crippen molar-refractivity contribution in [2.75, 3.05) is 19.7 Å². The van der Waals surface area contributed by atoms with Gasteiger partial charge in [-0.05, 0) is 31.9 Å². The highest BCUT2D eigenvalue weighted by molar-refractivity contribution is 5.92. The Morgan fingerprint density at radius 3 is 2.76 bits per heavy atom. The molecule has 25 heavy (non-hydrogen) atoms. The highest BCUT2D eigenvalue weighted by Crippen LogP contribution is 2.14. The van der Waals surface area contributed by atoms with Crippen molar-refractivity contribution in [2.24, 2.45) is 7.05 Å². The van der Waals surface area contributed by atoms with Gasteiger partial charge in [0.1, 0.15) is 11.5 Å². The molecule has 0 atom stereocenters. The molecule has 0 bridgehead atoms. The quantitative estimate of drug-likeness (QED) is 0.850. The van der Waals surface area contributed by atoms with Crippen LogP contribution in [-0.2, 0) is 18.4 Å². The van der Waals surface area contributed by atoms with Crippen molar-refractivity contribution in [3.63, 3.8) is 0 Å². The maximum Gasteiger partial charge on any atom is 0.272 e. The molecule has 2 aromatic rings. The first-order valence-corrected chi connectivity index (χ1v) is 8.31. The van der Waals surface area contributed by atoms with E-state index in [9.17, 15) is 9.59 Å². The lowest BCUT2D eigenvalue weighted by molar-refractivity contribution is -0.132. The number of carbonyl (C=O) groups is 2. The fraction of sp³-hybridized carbons (Fsp3) is 0.471. The molecule has 0 aliphatic carbocycles. The van der Waals surface area contributed by atoms with Crippen molar-refractivity contribution >= 4 is 11.8 Å². The third-order valence-corrected chi connectivity index (χ3v) is 4.09. The van der Waals surface area contributed by atoms with Crippen LogP contribution in [0.1, 0.15) is 34.9 Å². The van der Waals surface area contributed by atoms with E-state index in [1.807, 2.05) is 19.1 Å². The van der Waals surface area contributed by atoms with Crippen LogP contribution in [0.4, 0.5) is 0 Å². The van der Waals surface area contributed by atoms with Crippen molar-refractivity contribution in [3.05, 3.63) is 35.4 Å². The van der Waals surface area contributed by atoms with Crippen LogP contribution in [0, 0.1) is 6.92 Å². The Hall–Kier alpha value is -2.77. The lowest BCUT2D eigenvalue weighted by Gasteiger charge is -2.15. The molecule has 8 nitrogen and oxygen atoms in total. The molecule has 0 saturated carbocycles. The molecule has 1 saturated heterocycles. The third kappa shape index (κ3) is 4.20. The molecule has 2 amide bonds. The molecule has 0 radical (unpaired) electrons. The van der Waals surface area contributed by atoms with E-state index < -0.39 is 0 Å². The van der Waals surface area contributed by atoms with Gasteiger partial charge in [-0.25, -0.2) is 4.68 Å². The van der Waals surface area contributed by atoms with E-state index in [1.54, 1.807) is 11.9 Å². The largest absolute Gasteiger partial charge is 0.468 e. The molecule has 3 rings (SSSR count). The Morgan fingerprint density at radius 2 is 2.08 bits per heavy atom. The number of likely N-dealkylation sites (tertiary alicyclic amines) is 1. The second-order valence-electron chi connectivity index (χ2n) is 6.06. The van der Waals surface area contributed by atoms with E-state index in [-0.39, 0.29) is 30.7 Å². The number of hydrogen-bond donors (Lipinski definition) is 1. The Balaban J connectivity index is 1.53. The van der Waals surface area contributed by atoms with Crippen molar-refractivity contribution in [1.29, 1.82) is 0 Å². The van der Waals surface area contributed by atoms with Gasteiger partial charge in [0.15, 0.2) is 12.3 Å². The zero-order valence-corrected chi connectivity index (χ0v) is 14.4. The van der Waals surface area contributed by atoms with Gasteiger partial charge in [0.25, 0.3) is 11.8 Å². The summed E-state index contributed by atoms with van der Waals surface area (Å²) in [7, 11) is 1.67. The van der Waals surface area contributed by atoms with Crippen LogP contribution in [0.25, 0.3) is 0 Å². The SMILES string of the molecule is Cc1ccc(CNC(=O)c2cc(OCC(=O)N3CCCC3)n(C)n2)o1. The van der Waals surface area contributed by atoms with Crippen LogP contribution in [0.2, 0.25) is 0 Å². The number of carbonyl (C=O) groups excluding carboxylic acids is 2. The second kappa shape index (κ2) is 7.42. The monoisotopic (exact) mass is 346 g/mol. The van der Waals surface area contributed by atoms with Crippen molar-refractivity contribution in [1.82, 2.24) is 20.0 Å². The van der Waals surface area contributed by atoms with Gasteiger partial charge in [0, 0.05) is 26.2 Å². The minimum Gasteiger partial charge on any atom is -0.468 e. The van der Waals surface area contributed by atoms with Gasteiger partial charge >= 0.3 is 0 Å². The van der Waals surface area contributed by atoms with Gasteiger partial charge in [-0.2, -0.15) is 5.10 Å². The summed E-state index contributed by atoms with van der Waals surface area (Å²) in [5.74, 6) is 1.48. The molecule has 3 heterocycles. The highest BCUT2D eigenvalue weighted by Gasteiger charge is 2.20. The van der Waals surface area contributed by atoms with E-state index in [0.29, 0.717) is 11.6 Å². The van der Waals surface area contributed by atoms with Crippen LogP contribution in [0.3, 0.4) is 0 Å². The van der Waals surface area contributed by atoms with Crippen LogP contribution in [-0.4, -0.2) is 46.2 Å².